The number of ether oxygens (including phenoxy) is 3. The van der Waals surface area contributed by atoms with E-state index in [-0.39, 0.29) is 34.7 Å². The van der Waals surface area contributed by atoms with Crippen molar-refractivity contribution in [1.29, 1.82) is 0 Å². The van der Waals surface area contributed by atoms with E-state index in [0.717, 1.165) is 11.3 Å². The lowest BCUT2D eigenvalue weighted by Gasteiger charge is -2.14. The van der Waals surface area contributed by atoms with Crippen LogP contribution >= 0.6 is 11.3 Å². The first-order chi connectivity index (χ1) is 16.0. The number of hydrogen-bond donors (Lipinski definition) is 1. The molecule has 2 aromatic heterocycles. The molecular formula is C23H19F3N2O5S. The SMILES string of the molecule is COc1cc(/C=c2\sc3nc(-c4cccc(OC(F)(F)F)c4)cn3c2=O)cc(OC(C)C)c1O. The fourth-order valence-corrected chi connectivity index (χ4v) is 4.22. The van der Waals surface area contributed by atoms with Crippen LogP contribution in [0.3, 0.4) is 0 Å². The highest BCUT2D eigenvalue weighted by molar-refractivity contribution is 7.15. The summed E-state index contributed by atoms with van der Waals surface area (Å²) < 4.78 is 54.0. The summed E-state index contributed by atoms with van der Waals surface area (Å²) in [4.78, 5) is 17.7. The summed E-state index contributed by atoms with van der Waals surface area (Å²) >= 11 is 1.11. The van der Waals surface area contributed by atoms with E-state index in [4.69, 9.17) is 9.47 Å². The van der Waals surface area contributed by atoms with Crippen molar-refractivity contribution in [3.63, 3.8) is 0 Å². The van der Waals surface area contributed by atoms with Gasteiger partial charge in [-0.05, 0) is 49.8 Å². The number of alkyl halides is 3. The van der Waals surface area contributed by atoms with Crippen molar-refractivity contribution in [2.45, 2.75) is 26.3 Å². The minimum atomic E-state index is -4.81. The number of nitrogens with zero attached hydrogens (tertiary/aromatic N) is 2. The molecule has 34 heavy (non-hydrogen) atoms. The minimum Gasteiger partial charge on any atom is -0.502 e. The van der Waals surface area contributed by atoms with Crippen molar-refractivity contribution in [2.75, 3.05) is 7.11 Å². The zero-order chi connectivity index (χ0) is 24.6. The molecule has 0 unspecified atom stereocenters. The van der Waals surface area contributed by atoms with Crippen molar-refractivity contribution in [3.05, 3.63) is 63.0 Å². The van der Waals surface area contributed by atoms with E-state index in [9.17, 15) is 23.1 Å². The Kier molecular flexibility index (Phi) is 6.13. The fourth-order valence-electron chi connectivity index (χ4n) is 3.26. The second-order valence-corrected chi connectivity index (χ2v) is 8.52. The van der Waals surface area contributed by atoms with Gasteiger partial charge in [-0.15, -0.1) is 13.2 Å². The standard InChI is InChI=1S/C23H19F3N2O5S/c1-12(2)32-18-8-13(7-17(31-3)20(18)29)9-19-21(30)28-11-16(27-22(28)34-19)14-5-4-6-15(10-14)33-23(24,25)26/h4-12,29H,1-3H3/b19-9-. The molecule has 0 saturated heterocycles. The highest BCUT2D eigenvalue weighted by Crippen LogP contribution is 2.38. The number of rotatable bonds is 6. The number of phenolic OH excluding ortho intramolecular Hbond substituents is 1. The van der Waals surface area contributed by atoms with Gasteiger partial charge in [0.15, 0.2) is 16.5 Å². The van der Waals surface area contributed by atoms with E-state index in [1.807, 2.05) is 13.8 Å². The predicted molar refractivity (Wildman–Crippen MR) is 121 cm³/mol. The molecule has 0 radical (unpaired) electrons. The van der Waals surface area contributed by atoms with E-state index >= 15 is 0 Å². The summed E-state index contributed by atoms with van der Waals surface area (Å²) in [7, 11) is 1.41. The molecule has 0 spiro atoms. The number of thiazole rings is 1. The molecule has 0 aliphatic heterocycles. The van der Waals surface area contributed by atoms with Gasteiger partial charge < -0.3 is 19.3 Å². The van der Waals surface area contributed by atoms with Crippen molar-refractivity contribution >= 4 is 22.4 Å². The van der Waals surface area contributed by atoms with Crippen LogP contribution in [0.2, 0.25) is 0 Å². The van der Waals surface area contributed by atoms with Gasteiger partial charge in [0.2, 0.25) is 5.75 Å². The number of phenols is 1. The topological polar surface area (TPSA) is 82.3 Å². The molecule has 0 saturated carbocycles. The molecule has 0 atom stereocenters. The van der Waals surface area contributed by atoms with Gasteiger partial charge >= 0.3 is 6.36 Å². The van der Waals surface area contributed by atoms with Crippen LogP contribution in [0, 0.1) is 0 Å². The Balaban J connectivity index is 1.73. The van der Waals surface area contributed by atoms with Crippen molar-refractivity contribution in [2.24, 2.45) is 0 Å². The normalized spacial score (nSPS) is 12.5. The number of hydrogen-bond acceptors (Lipinski definition) is 7. The molecule has 0 aliphatic rings. The van der Waals surface area contributed by atoms with Gasteiger partial charge in [-0.25, -0.2) is 4.98 Å². The van der Waals surface area contributed by atoms with Crippen LogP contribution in [-0.2, 0) is 0 Å². The molecule has 2 heterocycles. The number of halogens is 3. The largest absolute Gasteiger partial charge is 0.573 e. The third-order valence-electron chi connectivity index (χ3n) is 4.61. The average Bonchev–Trinajstić information content (AvgIpc) is 3.28. The first-order valence-corrected chi connectivity index (χ1v) is 10.8. The van der Waals surface area contributed by atoms with E-state index in [2.05, 4.69) is 9.72 Å². The van der Waals surface area contributed by atoms with Crippen LogP contribution in [0.15, 0.2) is 47.4 Å². The number of aromatic hydroxyl groups is 1. The van der Waals surface area contributed by atoms with Crippen molar-refractivity contribution < 1.29 is 32.5 Å². The lowest BCUT2D eigenvalue weighted by Crippen LogP contribution is -2.22. The molecule has 2 aromatic carbocycles. The van der Waals surface area contributed by atoms with Gasteiger partial charge in [0.05, 0.1) is 23.4 Å². The summed E-state index contributed by atoms with van der Waals surface area (Å²) in [5.41, 5.74) is 0.937. The minimum absolute atomic E-state index is 0.141. The molecule has 11 heteroatoms. The molecule has 1 N–H and O–H groups in total. The summed E-state index contributed by atoms with van der Waals surface area (Å²) in [5, 5.41) is 10.3. The van der Waals surface area contributed by atoms with Crippen molar-refractivity contribution in [3.8, 4) is 34.3 Å². The number of benzene rings is 2. The first kappa shape index (κ1) is 23.4. The van der Waals surface area contributed by atoms with Crippen LogP contribution in [0.4, 0.5) is 13.2 Å². The molecule has 0 bridgehead atoms. The zero-order valence-electron chi connectivity index (χ0n) is 18.2. The van der Waals surface area contributed by atoms with Crippen LogP contribution < -0.4 is 24.3 Å². The van der Waals surface area contributed by atoms with Crippen LogP contribution in [0.1, 0.15) is 19.4 Å². The molecular weight excluding hydrogens is 473 g/mol. The van der Waals surface area contributed by atoms with E-state index in [0.29, 0.717) is 26.3 Å². The van der Waals surface area contributed by atoms with E-state index < -0.39 is 6.36 Å². The van der Waals surface area contributed by atoms with Crippen LogP contribution in [0.5, 0.6) is 23.0 Å². The second-order valence-electron chi connectivity index (χ2n) is 7.51. The van der Waals surface area contributed by atoms with Gasteiger partial charge in [0.1, 0.15) is 5.75 Å². The number of fused-ring (bicyclic) bond motifs is 1. The summed E-state index contributed by atoms with van der Waals surface area (Å²) in [5.74, 6) is -0.101. The molecule has 4 aromatic rings. The molecule has 7 nitrogen and oxygen atoms in total. The second kappa shape index (κ2) is 8.90. The Bertz CT molecular complexity index is 1460. The fraction of sp³-hybridized carbons (Fsp3) is 0.217. The number of methoxy groups -OCH3 is 1. The Morgan fingerprint density at radius 3 is 2.56 bits per heavy atom. The quantitative estimate of drug-likeness (QED) is 0.431. The Morgan fingerprint density at radius 1 is 1.18 bits per heavy atom. The van der Waals surface area contributed by atoms with Gasteiger partial charge in [-0.1, -0.05) is 23.5 Å². The molecule has 0 aliphatic carbocycles. The number of aromatic nitrogens is 2. The molecule has 178 valence electrons. The van der Waals surface area contributed by atoms with Crippen LogP contribution in [0.25, 0.3) is 22.3 Å². The van der Waals surface area contributed by atoms with Gasteiger partial charge in [-0.2, -0.15) is 0 Å². The smallest absolute Gasteiger partial charge is 0.502 e. The molecule has 0 amide bonds. The predicted octanol–water partition coefficient (Wildman–Crippen LogP) is 4.37. The van der Waals surface area contributed by atoms with Gasteiger partial charge in [-0.3, -0.25) is 9.20 Å². The Morgan fingerprint density at radius 2 is 1.91 bits per heavy atom. The van der Waals surface area contributed by atoms with Crippen LogP contribution in [-0.4, -0.2) is 34.1 Å². The summed E-state index contributed by atoms with van der Waals surface area (Å²) in [6.45, 7) is 3.63. The summed E-state index contributed by atoms with van der Waals surface area (Å²) in [6, 6.07) is 8.54. The monoisotopic (exact) mass is 492 g/mol. The van der Waals surface area contributed by atoms with Crippen molar-refractivity contribution in [1.82, 2.24) is 9.38 Å². The highest BCUT2D eigenvalue weighted by Gasteiger charge is 2.31. The summed E-state index contributed by atoms with van der Waals surface area (Å²) in [6.07, 6.45) is -1.92. The molecule has 0 fully saturated rings. The average molecular weight is 492 g/mol. The maximum Gasteiger partial charge on any atom is 0.573 e. The maximum absolute atomic E-state index is 12.9. The Labute approximate surface area is 195 Å². The Hall–Kier alpha value is -3.73. The lowest BCUT2D eigenvalue weighted by atomic mass is 10.1. The lowest BCUT2D eigenvalue weighted by molar-refractivity contribution is -0.274. The highest BCUT2D eigenvalue weighted by atomic mass is 32.1. The van der Waals surface area contributed by atoms with Gasteiger partial charge in [0, 0.05) is 11.8 Å². The third kappa shape index (κ3) is 4.93. The van der Waals surface area contributed by atoms with E-state index in [1.54, 1.807) is 24.3 Å². The third-order valence-corrected chi connectivity index (χ3v) is 5.59. The maximum atomic E-state index is 12.9. The molecule has 4 rings (SSSR count). The number of imidazole rings is 1. The van der Waals surface area contributed by atoms with E-state index in [1.165, 1.54) is 35.9 Å². The van der Waals surface area contributed by atoms with Gasteiger partial charge in [0.25, 0.3) is 5.56 Å². The zero-order valence-corrected chi connectivity index (χ0v) is 19.0. The first-order valence-electron chi connectivity index (χ1n) is 10.0.